The zero-order chi connectivity index (χ0) is 19.7. The van der Waals surface area contributed by atoms with Crippen molar-refractivity contribution < 1.29 is 16.8 Å². The largest absolute Gasteiger partial charge is 0.240 e. The Hall–Kier alpha value is -2.34. The topological polar surface area (TPSA) is 137 Å². The molecular weight excluding hydrogens is 390 g/mol. The maximum atomic E-state index is 12.3. The standard InChI is InChI=1S/C16H19N5O4S2/c1-12-9-16-18-10-13(11-21(16)20-12)3-2-8-19-27(24,25)15-6-4-14(5-7-15)26(17,22)23/h4-7,9-11,19H,2-3,8H2,1H3,(H2,17,22,23). The van der Waals surface area contributed by atoms with Gasteiger partial charge in [0, 0.05) is 25.0 Å². The fourth-order valence-electron chi connectivity index (χ4n) is 2.55. The molecule has 0 unspecified atom stereocenters. The Labute approximate surface area is 157 Å². The lowest BCUT2D eigenvalue weighted by Gasteiger charge is -2.07. The Kier molecular flexibility index (Phi) is 5.29. The zero-order valence-electron chi connectivity index (χ0n) is 14.5. The van der Waals surface area contributed by atoms with Crippen LogP contribution in [0.1, 0.15) is 17.7 Å². The molecule has 1 aromatic carbocycles. The maximum absolute atomic E-state index is 12.3. The van der Waals surface area contributed by atoms with Crippen molar-refractivity contribution in [2.75, 3.05) is 6.54 Å². The molecule has 0 spiro atoms. The number of hydrogen-bond acceptors (Lipinski definition) is 6. The maximum Gasteiger partial charge on any atom is 0.240 e. The Morgan fingerprint density at radius 1 is 1.11 bits per heavy atom. The Morgan fingerprint density at radius 3 is 2.44 bits per heavy atom. The van der Waals surface area contributed by atoms with E-state index >= 15 is 0 Å². The molecule has 0 saturated heterocycles. The van der Waals surface area contributed by atoms with E-state index in [4.69, 9.17) is 5.14 Å². The molecular formula is C16H19N5O4S2. The predicted octanol–water partition coefficient (Wildman–Crippen LogP) is 0.596. The molecule has 0 bridgehead atoms. The van der Waals surface area contributed by atoms with Crippen molar-refractivity contribution in [2.45, 2.75) is 29.6 Å². The Morgan fingerprint density at radius 2 is 1.78 bits per heavy atom. The molecule has 0 atom stereocenters. The summed E-state index contributed by atoms with van der Waals surface area (Å²) in [5.41, 5.74) is 2.59. The van der Waals surface area contributed by atoms with E-state index in [0.29, 0.717) is 12.8 Å². The first kappa shape index (κ1) is 19.4. The molecule has 27 heavy (non-hydrogen) atoms. The molecule has 3 rings (SSSR count). The second-order valence-corrected chi connectivity index (χ2v) is 9.40. The normalized spacial score (nSPS) is 12.5. The summed E-state index contributed by atoms with van der Waals surface area (Å²) in [4.78, 5) is 4.14. The number of nitrogens with one attached hydrogen (secondary N) is 1. The van der Waals surface area contributed by atoms with Gasteiger partial charge in [0.1, 0.15) is 0 Å². The van der Waals surface area contributed by atoms with Crippen molar-refractivity contribution in [3.8, 4) is 0 Å². The van der Waals surface area contributed by atoms with Crippen LogP contribution in [0.4, 0.5) is 0 Å². The fourth-order valence-corrected chi connectivity index (χ4v) is 4.14. The van der Waals surface area contributed by atoms with Crippen LogP contribution in [0.5, 0.6) is 0 Å². The molecule has 9 nitrogen and oxygen atoms in total. The summed E-state index contributed by atoms with van der Waals surface area (Å²) in [5.74, 6) is 0. The second kappa shape index (κ2) is 7.35. The quantitative estimate of drug-likeness (QED) is 0.548. The number of aromatic nitrogens is 3. The lowest BCUT2D eigenvalue weighted by molar-refractivity contribution is 0.578. The number of benzene rings is 1. The summed E-state index contributed by atoms with van der Waals surface area (Å²) < 4.78 is 51.2. The van der Waals surface area contributed by atoms with E-state index in [1.807, 2.05) is 19.2 Å². The molecule has 0 aliphatic rings. The third kappa shape index (κ3) is 4.69. The summed E-state index contributed by atoms with van der Waals surface area (Å²) in [6.07, 6.45) is 4.82. The van der Waals surface area contributed by atoms with Crippen molar-refractivity contribution in [1.29, 1.82) is 0 Å². The Bertz CT molecular complexity index is 1170. The molecule has 3 aromatic rings. The predicted molar refractivity (Wildman–Crippen MR) is 99.0 cm³/mol. The average Bonchev–Trinajstić information content (AvgIpc) is 2.97. The van der Waals surface area contributed by atoms with Crippen molar-refractivity contribution in [3.63, 3.8) is 0 Å². The van der Waals surface area contributed by atoms with E-state index in [2.05, 4.69) is 14.8 Å². The fraction of sp³-hybridized carbons (Fsp3) is 0.250. The molecule has 0 aliphatic carbocycles. The van der Waals surface area contributed by atoms with E-state index in [9.17, 15) is 16.8 Å². The van der Waals surface area contributed by atoms with Crippen LogP contribution in [-0.2, 0) is 26.5 Å². The van der Waals surface area contributed by atoms with E-state index in [0.717, 1.165) is 29.0 Å². The highest BCUT2D eigenvalue weighted by molar-refractivity contribution is 7.89. The minimum absolute atomic E-state index is 0.0231. The molecule has 0 amide bonds. The van der Waals surface area contributed by atoms with Gasteiger partial charge in [-0.1, -0.05) is 0 Å². The van der Waals surface area contributed by atoms with Crippen LogP contribution in [0.15, 0.2) is 52.5 Å². The number of nitrogens with zero attached hydrogens (tertiary/aromatic N) is 3. The van der Waals surface area contributed by atoms with Crippen LogP contribution in [0.25, 0.3) is 5.65 Å². The van der Waals surface area contributed by atoms with E-state index < -0.39 is 20.0 Å². The van der Waals surface area contributed by atoms with Gasteiger partial charge in [-0.2, -0.15) is 5.10 Å². The number of hydrogen-bond donors (Lipinski definition) is 2. The average molecular weight is 409 g/mol. The molecule has 2 heterocycles. The molecule has 0 saturated carbocycles. The third-order valence-electron chi connectivity index (χ3n) is 3.89. The van der Waals surface area contributed by atoms with Crippen molar-refractivity contribution >= 4 is 25.7 Å². The summed E-state index contributed by atoms with van der Waals surface area (Å²) in [7, 11) is -7.59. The summed E-state index contributed by atoms with van der Waals surface area (Å²) in [5, 5.41) is 9.30. The number of primary sulfonamides is 1. The van der Waals surface area contributed by atoms with Gasteiger partial charge in [0.2, 0.25) is 20.0 Å². The lowest BCUT2D eigenvalue weighted by atomic mass is 10.2. The summed E-state index contributed by atoms with van der Waals surface area (Å²) in [6, 6.07) is 6.62. The highest BCUT2D eigenvalue weighted by atomic mass is 32.2. The van der Waals surface area contributed by atoms with Gasteiger partial charge in [-0.25, -0.2) is 36.2 Å². The van der Waals surface area contributed by atoms with Gasteiger partial charge in [-0.05, 0) is 49.6 Å². The molecule has 144 valence electrons. The van der Waals surface area contributed by atoms with Gasteiger partial charge in [0.15, 0.2) is 5.65 Å². The molecule has 2 aromatic heterocycles. The van der Waals surface area contributed by atoms with Crippen LogP contribution in [-0.4, -0.2) is 38.0 Å². The molecule has 0 radical (unpaired) electrons. The minimum Gasteiger partial charge on any atom is -0.237 e. The first-order valence-corrected chi connectivity index (χ1v) is 11.1. The summed E-state index contributed by atoms with van der Waals surface area (Å²) >= 11 is 0. The van der Waals surface area contributed by atoms with Crippen LogP contribution < -0.4 is 9.86 Å². The zero-order valence-corrected chi connectivity index (χ0v) is 16.2. The molecule has 3 N–H and O–H groups in total. The monoisotopic (exact) mass is 409 g/mol. The third-order valence-corrected chi connectivity index (χ3v) is 6.29. The van der Waals surface area contributed by atoms with Gasteiger partial charge in [-0.15, -0.1) is 0 Å². The van der Waals surface area contributed by atoms with Crippen molar-refractivity contribution in [1.82, 2.24) is 19.3 Å². The summed E-state index contributed by atoms with van der Waals surface area (Å²) in [6.45, 7) is 2.12. The highest BCUT2D eigenvalue weighted by Crippen LogP contribution is 2.13. The van der Waals surface area contributed by atoms with Crippen molar-refractivity contribution in [2.24, 2.45) is 5.14 Å². The smallest absolute Gasteiger partial charge is 0.237 e. The first-order valence-electron chi connectivity index (χ1n) is 8.09. The van der Waals surface area contributed by atoms with Gasteiger partial charge in [0.05, 0.1) is 15.5 Å². The van der Waals surface area contributed by atoms with E-state index in [1.165, 1.54) is 12.1 Å². The van der Waals surface area contributed by atoms with Crippen LogP contribution in [0.2, 0.25) is 0 Å². The number of fused-ring (bicyclic) bond motifs is 1. The van der Waals surface area contributed by atoms with Gasteiger partial charge in [-0.3, -0.25) is 0 Å². The van der Waals surface area contributed by atoms with Gasteiger partial charge in [0.25, 0.3) is 0 Å². The second-order valence-electron chi connectivity index (χ2n) is 6.07. The highest BCUT2D eigenvalue weighted by Gasteiger charge is 2.15. The lowest BCUT2D eigenvalue weighted by Crippen LogP contribution is -2.25. The number of rotatable bonds is 7. The van der Waals surface area contributed by atoms with E-state index in [1.54, 1.807) is 10.7 Å². The number of aryl methyl sites for hydroxylation is 2. The SMILES string of the molecule is Cc1cc2ncc(CCCNS(=O)(=O)c3ccc(S(N)(=O)=O)cc3)cn2n1. The van der Waals surface area contributed by atoms with Crippen LogP contribution in [0.3, 0.4) is 0 Å². The van der Waals surface area contributed by atoms with Gasteiger partial charge < -0.3 is 0 Å². The van der Waals surface area contributed by atoms with Crippen LogP contribution >= 0.6 is 0 Å². The first-order chi connectivity index (χ1) is 12.6. The molecule has 0 aliphatic heterocycles. The van der Waals surface area contributed by atoms with E-state index in [-0.39, 0.29) is 16.3 Å². The molecule has 11 heteroatoms. The number of sulfonamides is 2. The number of nitrogens with two attached hydrogens (primary N) is 1. The minimum atomic E-state index is -3.86. The van der Waals surface area contributed by atoms with Crippen LogP contribution in [0, 0.1) is 6.92 Å². The van der Waals surface area contributed by atoms with Gasteiger partial charge >= 0.3 is 0 Å². The Balaban J connectivity index is 1.58. The molecule has 0 fully saturated rings. The van der Waals surface area contributed by atoms with Crippen molar-refractivity contribution in [3.05, 3.63) is 54.0 Å².